The molecule has 0 aromatic heterocycles. The lowest BCUT2D eigenvalue weighted by Gasteiger charge is -2.26. The molecule has 1 aliphatic carbocycles. The minimum absolute atomic E-state index is 0.0245. The Hall–Kier alpha value is -2.34. The number of hydrogen-bond acceptors (Lipinski definition) is 4. The van der Waals surface area contributed by atoms with E-state index in [9.17, 15) is 9.59 Å². The van der Waals surface area contributed by atoms with Crippen molar-refractivity contribution < 1.29 is 9.59 Å². The highest BCUT2D eigenvalue weighted by molar-refractivity contribution is 6.44. The highest BCUT2D eigenvalue weighted by Crippen LogP contribution is 2.31. The number of hydrogen-bond donors (Lipinski definition) is 4. The van der Waals surface area contributed by atoms with Gasteiger partial charge in [-0.3, -0.25) is 15.0 Å². The normalized spacial score (nSPS) is 21.8. The van der Waals surface area contributed by atoms with Crippen LogP contribution in [0.1, 0.15) is 56.9 Å². The van der Waals surface area contributed by atoms with E-state index in [4.69, 9.17) is 22.7 Å². The summed E-state index contributed by atoms with van der Waals surface area (Å²) in [4.78, 5) is 23.6. The lowest BCUT2D eigenvalue weighted by atomic mass is 9.82. The molecule has 1 saturated heterocycles. The molecule has 2 amide bonds. The van der Waals surface area contributed by atoms with Gasteiger partial charge >= 0.3 is 0 Å². The summed E-state index contributed by atoms with van der Waals surface area (Å²) < 4.78 is 0. The van der Waals surface area contributed by atoms with E-state index in [-0.39, 0.29) is 11.6 Å². The Morgan fingerprint density at radius 2 is 1.97 bits per heavy atom. The molecule has 1 fully saturated rings. The van der Waals surface area contributed by atoms with Crippen molar-refractivity contribution in [1.82, 2.24) is 10.6 Å². The molecule has 6 nitrogen and oxygen atoms in total. The van der Waals surface area contributed by atoms with Crippen LogP contribution in [0.5, 0.6) is 0 Å². The van der Waals surface area contributed by atoms with Crippen LogP contribution in [-0.2, 0) is 16.1 Å². The van der Waals surface area contributed by atoms with Gasteiger partial charge in [0, 0.05) is 35.3 Å². The van der Waals surface area contributed by atoms with Crippen LogP contribution in [0.4, 0.5) is 0 Å². The number of allylic oxidation sites excluding steroid dienone is 1. The SMILES string of the molecule is N=C(C(=O)NCc1ccc(Cl)cc1)C1=C(N)CC(CCC[C@H]2CCC(=O)N2)CC1. The Bertz CT molecular complexity index is 804. The summed E-state index contributed by atoms with van der Waals surface area (Å²) in [7, 11) is 0. The molecule has 1 aromatic rings. The molecule has 0 radical (unpaired) electrons. The number of rotatable bonds is 8. The van der Waals surface area contributed by atoms with Gasteiger partial charge < -0.3 is 16.4 Å². The Balaban J connectivity index is 1.44. The summed E-state index contributed by atoms with van der Waals surface area (Å²) in [6, 6.07) is 7.57. The minimum Gasteiger partial charge on any atom is -0.402 e. The Labute approximate surface area is 176 Å². The van der Waals surface area contributed by atoms with Gasteiger partial charge in [-0.25, -0.2) is 0 Å². The monoisotopic (exact) mass is 416 g/mol. The molecule has 29 heavy (non-hydrogen) atoms. The van der Waals surface area contributed by atoms with Crippen molar-refractivity contribution in [2.24, 2.45) is 11.7 Å². The van der Waals surface area contributed by atoms with E-state index < -0.39 is 5.91 Å². The number of carbonyl (C=O) groups excluding carboxylic acids is 2. The van der Waals surface area contributed by atoms with Crippen LogP contribution in [-0.4, -0.2) is 23.6 Å². The molecule has 2 atom stereocenters. The first-order valence-corrected chi connectivity index (χ1v) is 10.7. The van der Waals surface area contributed by atoms with Crippen molar-refractivity contribution in [2.75, 3.05) is 0 Å². The molecule has 7 heteroatoms. The van der Waals surface area contributed by atoms with Crippen molar-refractivity contribution in [3.05, 3.63) is 46.1 Å². The summed E-state index contributed by atoms with van der Waals surface area (Å²) in [5, 5.41) is 14.7. The third-order valence-corrected chi connectivity index (χ3v) is 6.10. The summed E-state index contributed by atoms with van der Waals surface area (Å²) >= 11 is 5.87. The first-order chi connectivity index (χ1) is 13.9. The van der Waals surface area contributed by atoms with Crippen LogP contribution in [0.2, 0.25) is 5.02 Å². The molecule has 1 unspecified atom stereocenters. The highest BCUT2D eigenvalue weighted by atomic mass is 35.5. The van der Waals surface area contributed by atoms with Crippen LogP contribution in [0, 0.1) is 11.3 Å². The number of nitrogens with two attached hydrogens (primary N) is 1. The number of amides is 2. The zero-order valence-corrected chi connectivity index (χ0v) is 17.4. The molecule has 156 valence electrons. The Morgan fingerprint density at radius 1 is 1.21 bits per heavy atom. The predicted octanol–water partition coefficient (Wildman–Crippen LogP) is 3.44. The molecule has 5 N–H and O–H groups in total. The summed E-state index contributed by atoms with van der Waals surface area (Å²) in [6.07, 6.45) is 7.09. The second kappa shape index (κ2) is 9.92. The number of nitrogens with one attached hydrogen (secondary N) is 3. The first-order valence-electron chi connectivity index (χ1n) is 10.3. The van der Waals surface area contributed by atoms with E-state index in [1.54, 1.807) is 12.1 Å². The molecule has 2 aliphatic rings. The number of halogens is 1. The predicted molar refractivity (Wildman–Crippen MR) is 115 cm³/mol. The molecular formula is C22H29ClN4O2. The van der Waals surface area contributed by atoms with Crippen LogP contribution in [0.15, 0.2) is 35.5 Å². The van der Waals surface area contributed by atoms with Crippen LogP contribution in [0.3, 0.4) is 0 Å². The largest absolute Gasteiger partial charge is 0.402 e. The van der Waals surface area contributed by atoms with Crippen molar-refractivity contribution in [3.63, 3.8) is 0 Å². The lowest BCUT2D eigenvalue weighted by Crippen LogP contribution is -2.33. The van der Waals surface area contributed by atoms with Gasteiger partial charge in [0.2, 0.25) is 5.91 Å². The zero-order valence-electron chi connectivity index (χ0n) is 16.6. The van der Waals surface area contributed by atoms with Gasteiger partial charge in [-0.05, 0) is 62.1 Å². The molecule has 0 saturated carbocycles. The van der Waals surface area contributed by atoms with Crippen molar-refractivity contribution >= 4 is 29.1 Å². The van der Waals surface area contributed by atoms with E-state index in [0.29, 0.717) is 47.6 Å². The van der Waals surface area contributed by atoms with Crippen molar-refractivity contribution in [1.29, 1.82) is 5.41 Å². The van der Waals surface area contributed by atoms with Gasteiger partial charge in [-0.2, -0.15) is 0 Å². The summed E-state index contributed by atoms with van der Waals surface area (Å²) in [5.41, 5.74) is 8.48. The number of carbonyl (C=O) groups is 2. The average Bonchev–Trinajstić information content (AvgIpc) is 3.12. The minimum atomic E-state index is -0.395. The summed E-state index contributed by atoms with van der Waals surface area (Å²) in [6.45, 7) is 0.353. The third-order valence-electron chi connectivity index (χ3n) is 5.84. The van der Waals surface area contributed by atoms with E-state index in [2.05, 4.69) is 10.6 Å². The zero-order chi connectivity index (χ0) is 20.8. The van der Waals surface area contributed by atoms with Gasteiger partial charge in [0.15, 0.2) is 0 Å². The maximum absolute atomic E-state index is 12.4. The van der Waals surface area contributed by atoms with E-state index in [0.717, 1.165) is 44.1 Å². The maximum Gasteiger partial charge on any atom is 0.269 e. The lowest BCUT2D eigenvalue weighted by molar-refractivity contribution is -0.119. The fraction of sp³-hybridized carbons (Fsp3) is 0.500. The Kier molecular flexibility index (Phi) is 7.31. The topological polar surface area (TPSA) is 108 Å². The Morgan fingerprint density at radius 3 is 2.62 bits per heavy atom. The van der Waals surface area contributed by atoms with E-state index in [1.807, 2.05) is 12.1 Å². The number of benzene rings is 1. The summed E-state index contributed by atoms with van der Waals surface area (Å²) in [5.74, 6) is 0.256. The molecule has 0 spiro atoms. The van der Waals surface area contributed by atoms with Gasteiger partial charge in [-0.1, -0.05) is 30.2 Å². The third kappa shape index (κ3) is 6.07. The highest BCUT2D eigenvalue weighted by Gasteiger charge is 2.25. The quantitative estimate of drug-likeness (QED) is 0.487. The molecule has 1 aliphatic heterocycles. The fourth-order valence-electron chi connectivity index (χ4n) is 4.13. The smallest absolute Gasteiger partial charge is 0.269 e. The average molecular weight is 417 g/mol. The maximum atomic E-state index is 12.4. The van der Waals surface area contributed by atoms with Gasteiger partial charge in [0.1, 0.15) is 5.71 Å². The molecule has 3 rings (SSSR count). The van der Waals surface area contributed by atoms with Crippen molar-refractivity contribution in [2.45, 2.75) is 64.0 Å². The van der Waals surface area contributed by atoms with E-state index >= 15 is 0 Å². The van der Waals surface area contributed by atoms with Crippen LogP contribution < -0.4 is 16.4 Å². The van der Waals surface area contributed by atoms with Crippen molar-refractivity contribution in [3.8, 4) is 0 Å². The van der Waals surface area contributed by atoms with Crippen LogP contribution in [0.25, 0.3) is 0 Å². The van der Waals surface area contributed by atoms with Crippen LogP contribution >= 0.6 is 11.6 Å². The fourth-order valence-corrected chi connectivity index (χ4v) is 4.26. The molecule has 1 heterocycles. The molecule has 0 bridgehead atoms. The van der Waals surface area contributed by atoms with Gasteiger partial charge in [0.25, 0.3) is 5.91 Å². The van der Waals surface area contributed by atoms with E-state index in [1.165, 1.54) is 0 Å². The molecule has 1 aromatic carbocycles. The standard InChI is InChI=1S/C22H29ClN4O2/c23-16-7-4-15(5-8-16)13-26-22(29)21(25)18-10-6-14(12-19(18)24)2-1-3-17-9-11-20(28)27-17/h4-5,7-8,14,17,25H,1-3,6,9-13,24H2,(H,26,29)(H,27,28)/t14?,17-/m0/s1. The second-order valence-electron chi connectivity index (χ2n) is 8.03. The molecular weight excluding hydrogens is 388 g/mol. The van der Waals surface area contributed by atoms with Gasteiger partial charge in [-0.15, -0.1) is 0 Å². The second-order valence-corrected chi connectivity index (χ2v) is 8.47. The van der Waals surface area contributed by atoms with Gasteiger partial charge in [0.05, 0.1) is 0 Å². The first kappa shape index (κ1) is 21.4.